The van der Waals surface area contributed by atoms with Crippen LogP contribution in [0.15, 0.2) is 53.7 Å². The van der Waals surface area contributed by atoms with E-state index >= 15 is 0 Å². The van der Waals surface area contributed by atoms with E-state index in [2.05, 4.69) is 5.16 Å². The molecule has 2 aromatic carbocycles. The molecule has 0 radical (unpaired) electrons. The van der Waals surface area contributed by atoms with Crippen LogP contribution in [0.25, 0.3) is 0 Å². The minimum Gasteiger partial charge on any atom is -0.443 e. The van der Waals surface area contributed by atoms with Crippen molar-refractivity contribution < 1.29 is 37.8 Å². The molecule has 2 aromatic rings. The topological polar surface area (TPSA) is 99.4 Å². The van der Waals surface area contributed by atoms with Crippen molar-refractivity contribution in [1.82, 2.24) is 0 Å². The number of ether oxygens (including phenoxy) is 1. The van der Waals surface area contributed by atoms with Gasteiger partial charge in [0.05, 0.1) is 29.0 Å². The molecule has 0 unspecified atom stereocenters. The summed E-state index contributed by atoms with van der Waals surface area (Å²) in [5.74, 6) is -2.70. The van der Waals surface area contributed by atoms with Crippen molar-refractivity contribution in [1.29, 1.82) is 0 Å². The van der Waals surface area contributed by atoms with Crippen LogP contribution in [-0.2, 0) is 21.1 Å². The first-order valence-electron chi connectivity index (χ1n) is 11.0. The molecular formula is C25H25F3N2O5. The highest BCUT2D eigenvalue weighted by Crippen LogP contribution is 2.59. The highest BCUT2D eigenvalue weighted by molar-refractivity contribution is 6.24. The van der Waals surface area contributed by atoms with Crippen molar-refractivity contribution in [3.8, 4) is 0 Å². The number of rotatable bonds is 2. The summed E-state index contributed by atoms with van der Waals surface area (Å²) in [6.07, 6.45) is -5.64. The zero-order chi connectivity index (χ0) is 25.8. The summed E-state index contributed by atoms with van der Waals surface area (Å²) in [5, 5.41) is 23.2. The average molecular weight is 490 g/mol. The number of hydrogen-bond donors (Lipinski definition) is 2. The first-order chi connectivity index (χ1) is 16.3. The Hall–Kier alpha value is -3.40. The molecular weight excluding hydrogens is 465 g/mol. The van der Waals surface area contributed by atoms with Gasteiger partial charge in [-0.15, -0.1) is 0 Å². The molecule has 186 valence electrons. The van der Waals surface area contributed by atoms with Crippen molar-refractivity contribution >= 4 is 23.4 Å². The number of amides is 2. The number of benzene rings is 2. The predicted molar refractivity (Wildman–Crippen MR) is 120 cm³/mol. The Labute approximate surface area is 199 Å². The van der Waals surface area contributed by atoms with Crippen LogP contribution < -0.4 is 4.90 Å². The smallest absolute Gasteiger partial charge is 0.421 e. The van der Waals surface area contributed by atoms with E-state index in [4.69, 9.17) is 4.74 Å². The zero-order valence-electron chi connectivity index (χ0n) is 19.3. The third-order valence-electron chi connectivity index (χ3n) is 6.44. The Morgan fingerprint density at radius 1 is 1.17 bits per heavy atom. The van der Waals surface area contributed by atoms with Gasteiger partial charge in [-0.3, -0.25) is 4.79 Å². The molecule has 0 bridgehead atoms. The second kappa shape index (κ2) is 8.37. The molecule has 2 amide bonds. The standard InChI is InChI=1S/C25H25F3N2O5/c1-23(2,3)35-22(33)30-18-10-5-4-9-17(18)24(21(30)32)12-15(13-31)20(29-34)19(24)14-7-6-8-16(11-14)25(26,27)28/h4-11,15,19,31,34H,12-13H2,1-3H3/b29-20+/t15-,19-,24+/m0/s1. The first kappa shape index (κ1) is 24.7. The van der Waals surface area contributed by atoms with Crippen LogP contribution in [-0.4, -0.2) is 40.2 Å². The van der Waals surface area contributed by atoms with Crippen LogP contribution in [0.1, 0.15) is 49.8 Å². The molecule has 1 saturated carbocycles. The molecule has 3 atom stereocenters. The minimum atomic E-state index is -4.64. The van der Waals surface area contributed by atoms with Crippen molar-refractivity contribution in [3.05, 3.63) is 65.2 Å². The summed E-state index contributed by atoms with van der Waals surface area (Å²) in [6, 6.07) is 10.9. The lowest BCUT2D eigenvalue weighted by Gasteiger charge is -2.31. The predicted octanol–water partition coefficient (Wildman–Crippen LogP) is 4.85. The van der Waals surface area contributed by atoms with E-state index < -0.39 is 53.2 Å². The minimum absolute atomic E-state index is 0.0268. The van der Waals surface area contributed by atoms with Gasteiger partial charge >= 0.3 is 12.3 Å². The van der Waals surface area contributed by atoms with Crippen LogP contribution in [0.5, 0.6) is 0 Å². The van der Waals surface area contributed by atoms with Gasteiger partial charge in [-0.1, -0.05) is 41.6 Å². The van der Waals surface area contributed by atoms with Crippen LogP contribution in [0.2, 0.25) is 0 Å². The molecule has 1 fully saturated rings. The molecule has 35 heavy (non-hydrogen) atoms. The number of imide groups is 1. The number of oxime groups is 1. The highest BCUT2D eigenvalue weighted by Gasteiger charge is 2.64. The maximum absolute atomic E-state index is 14.1. The Morgan fingerprint density at radius 2 is 1.86 bits per heavy atom. The summed E-state index contributed by atoms with van der Waals surface area (Å²) in [4.78, 5) is 28.1. The zero-order valence-corrected chi connectivity index (χ0v) is 19.3. The summed E-state index contributed by atoms with van der Waals surface area (Å²) >= 11 is 0. The van der Waals surface area contributed by atoms with Gasteiger partial charge < -0.3 is 15.1 Å². The SMILES string of the molecule is CC(C)(C)OC(=O)N1C(=O)[C@]2(C[C@@H](CO)/C(=N\O)[C@@H]2c2cccc(C(F)(F)F)c2)c2ccccc21. The summed E-state index contributed by atoms with van der Waals surface area (Å²) < 4.78 is 46.0. The van der Waals surface area contributed by atoms with Gasteiger partial charge in [-0.25, -0.2) is 9.69 Å². The normalized spacial score (nSPS) is 25.4. The summed E-state index contributed by atoms with van der Waals surface area (Å²) in [6.45, 7) is 4.43. The molecule has 10 heteroatoms. The van der Waals surface area contributed by atoms with Gasteiger partial charge in [0.15, 0.2) is 0 Å². The molecule has 7 nitrogen and oxygen atoms in total. The van der Waals surface area contributed by atoms with E-state index in [0.29, 0.717) is 5.56 Å². The fourth-order valence-electron chi connectivity index (χ4n) is 5.18. The number of nitrogens with zero attached hydrogens (tertiary/aromatic N) is 2. The van der Waals surface area contributed by atoms with E-state index in [1.54, 1.807) is 45.0 Å². The van der Waals surface area contributed by atoms with Crippen LogP contribution in [0, 0.1) is 5.92 Å². The van der Waals surface area contributed by atoms with Gasteiger partial charge in [-0.2, -0.15) is 13.2 Å². The number of aliphatic hydroxyl groups is 1. The fraction of sp³-hybridized carbons (Fsp3) is 0.400. The lowest BCUT2D eigenvalue weighted by molar-refractivity contribution is -0.137. The molecule has 2 N–H and O–H groups in total. The lowest BCUT2D eigenvalue weighted by atomic mass is 9.69. The largest absolute Gasteiger partial charge is 0.443 e. The second-order valence-electron chi connectivity index (χ2n) is 9.77. The van der Waals surface area contributed by atoms with Gasteiger partial charge in [0.25, 0.3) is 0 Å². The molecule has 2 aliphatic rings. The average Bonchev–Trinajstić information content (AvgIpc) is 3.25. The molecule has 1 spiro atoms. The number of alkyl halides is 3. The first-order valence-corrected chi connectivity index (χ1v) is 11.0. The number of halogens is 3. The highest BCUT2D eigenvalue weighted by atomic mass is 19.4. The Balaban J connectivity index is 1.96. The second-order valence-corrected chi connectivity index (χ2v) is 9.77. The molecule has 0 saturated heterocycles. The van der Waals surface area contributed by atoms with E-state index in [-0.39, 0.29) is 23.4 Å². The van der Waals surface area contributed by atoms with Crippen LogP contribution >= 0.6 is 0 Å². The maximum Gasteiger partial charge on any atom is 0.421 e. The quantitative estimate of drug-likeness (QED) is 0.463. The third kappa shape index (κ3) is 3.95. The van der Waals surface area contributed by atoms with E-state index in [1.807, 2.05) is 0 Å². The lowest BCUT2D eigenvalue weighted by Crippen LogP contribution is -2.47. The number of carbonyl (C=O) groups is 2. The molecule has 4 rings (SSSR count). The summed E-state index contributed by atoms with van der Waals surface area (Å²) in [5.41, 5.74) is -2.76. The van der Waals surface area contributed by atoms with Crippen molar-refractivity contribution in [2.45, 2.75) is 50.3 Å². The number of fused-ring (bicyclic) bond motifs is 2. The number of carbonyl (C=O) groups excluding carboxylic acids is 2. The van der Waals surface area contributed by atoms with Gasteiger partial charge in [0, 0.05) is 11.8 Å². The number of anilines is 1. The van der Waals surface area contributed by atoms with E-state index in [9.17, 15) is 33.1 Å². The molecule has 0 aromatic heterocycles. The molecule has 1 heterocycles. The van der Waals surface area contributed by atoms with Gasteiger partial charge in [-0.05, 0) is 50.5 Å². The Morgan fingerprint density at radius 3 is 2.46 bits per heavy atom. The maximum atomic E-state index is 14.1. The van der Waals surface area contributed by atoms with Crippen molar-refractivity contribution in [2.24, 2.45) is 11.1 Å². The molecule has 1 aliphatic carbocycles. The number of para-hydroxylation sites is 1. The fourth-order valence-corrected chi connectivity index (χ4v) is 5.18. The monoisotopic (exact) mass is 490 g/mol. The Bertz CT molecular complexity index is 1200. The van der Waals surface area contributed by atoms with E-state index in [0.717, 1.165) is 17.0 Å². The van der Waals surface area contributed by atoms with Gasteiger partial charge in [0.1, 0.15) is 5.60 Å². The third-order valence-corrected chi connectivity index (χ3v) is 6.44. The molecule has 1 aliphatic heterocycles. The van der Waals surface area contributed by atoms with Gasteiger partial charge in [0.2, 0.25) is 5.91 Å². The van der Waals surface area contributed by atoms with Crippen molar-refractivity contribution in [2.75, 3.05) is 11.5 Å². The van der Waals surface area contributed by atoms with Crippen LogP contribution in [0.3, 0.4) is 0 Å². The van der Waals surface area contributed by atoms with Crippen molar-refractivity contribution in [3.63, 3.8) is 0 Å². The summed E-state index contributed by atoms with van der Waals surface area (Å²) in [7, 11) is 0. The number of aliphatic hydroxyl groups excluding tert-OH is 1. The van der Waals surface area contributed by atoms with Crippen LogP contribution in [0.4, 0.5) is 23.7 Å². The van der Waals surface area contributed by atoms with E-state index in [1.165, 1.54) is 12.1 Å². The number of hydrogen-bond acceptors (Lipinski definition) is 6. The Kier molecular flexibility index (Phi) is 5.91.